The molecule has 0 fully saturated rings. The van der Waals surface area contributed by atoms with E-state index in [1.807, 2.05) is 0 Å². The smallest absolute Gasteiger partial charge is 0.405 e. The number of amides is 1. The minimum absolute atomic E-state index is 0.334. The summed E-state index contributed by atoms with van der Waals surface area (Å²) in [5, 5.41) is 11.0. The third-order valence-electron chi connectivity index (χ3n) is 2.30. The summed E-state index contributed by atoms with van der Waals surface area (Å²) < 4.78 is 2.24. The van der Waals surface area contributed by atoms with E-state index in [1.54, 1.807) is 17.5 Å². The number of nitrogen functional groups attached to an aromatic ring is 1. The second kappa shape index (κ2) is 4.21. The number of nitrogens with one attached hydrogen (secondary N) is 1. The van der Waals surface area contributed by atoms with Crippen molar-refractivity contribution in [3.63, 3.8) is 0 Å². The van der Waals surface area contributed by atoms with E-state index in [0.717, 1.165) is 0 Å². The van der Waals surface area contributed by atoms with E-state index in [0.29, 0.717) is 21.8 Å². The summed E-state index contributed by atoms with van der Waals surface area (Å²) in [5.41, 5.74) is 6.36. The Balaban J connectivity index is 2.56. The SMILES string of the molecule is C[C@H](NC(=O)O)c1nc(Br)c2c(N)nccn12. The highest BCUT2D eigenvalue weighted by molar-refractivity contribution is 9.10. The Morgan fingerprint density at radius 3 is 3.06 bits per heavy atom. The maximum Gasteiger partial charge on any atom is 0.405 e. The first-order valence-corrected chi connectivity index (χ1v) is 5.57. The summed E-state index contributed by atoms with van der Waals surface area (Å²) in [6.45, 7) is 1.70. The number of nitrogens with zero attached hydrogens (tertiary/aromatic N) is 3. The molecule has 0 aliphatic carbocycles. The van der Waals surface area contributed by atoms with E-state index < -0.39 is 12.1 Å². The van der Waals surface area contributed by atoms with Gasteiger partial charge in [0.15, 0.2) is 5.82 Å². The Labute approximate surface area is 105 Å². The number of hydrogen-bond acceptors (Lipinski definition) is 4. The number of rotatable bonds is 2. The van der Waals surface area contributed by atoms with Crippen LogP contribution in [-0.4, -0.2) is 25.6 Å². The van der Waals surface area contributed by atoms with Gasteiger partial charge in [0.1, 0.15) is 15.9 Å². The molecule has 0 aliphatic rings. The van der Waals surface area contributed by atoms with E-state index in [1.165, 1.54) is 6.20 Å². The van der Waals surface area contributed by atoms with Gasteiger partial charge in [0.25, 0.3) is 0 Å². The molecule has 7 nitrogen and oxygen atoms in total. The number of anilines is 1. The zero-order chi connectivity index (χ0) is 12.6. The Bertz CT molecular complexity index is 582. The molecule has 0 spiro atoms. The van der Waals surface area contributed by atoms with E-state index in [-0.39, 0.29) is 0 Å². The molecule has 2 aromatic rings. The van der Waals surface area contributed by atoms with Gasteiger partial charge in [-0.05, 0) is 22.9 Å². The van der Waals surface area contributed by atoms with Crippen LogP contribution in [0.15, 0.2) is 17.0 Å². The molecule has 90 valence electrons. The van der Waals surface area contributed by atoms with Gasteiger partial charge in [-0.15, -0.1) is 0 Å². The average molecular weight is 300 g/mol. The van der Waals surface area contributed by atoms with Gasteiger partial charge in [-0.2, -0.15) is 0 Å². The van der Waals surface area contributed by atoms with Crippen LogP contribution in [-0.2, 0) is 0 Å². The minimum atomic E-state index is -1.10. The van der Waals surface area contributed by atoms with Crippen molar-refractivity contribution in [3.8, 4) is 0 Å². The van der Waals surface area contributed by atoms with Gasteiger partial charge < -0.3 is 16.2 Å². The summed E-state index contributed by atoms with van der Waals surface area (Å²) >= 11 is 3.28. The van der Waals surface area contributed by atoms with Gasteiger partial charge in [-0.25, -0.2) is 14.8 Å². The lowest BCUT2D eigenvalue weighted by Gasteiger charge is -2.10. The van der Waals surface area contributed by atoms with Crippen LogP contribution in [0.2, 0.25) is 0 Å². The van der Waals surface area contributed by atoms with Crippen LogP contribution in [0.4, 0.5) is 10.6 Å². The first-order valence-electron chi connectivity index (χ1n) is 4.78. The standard InChI is InChI=1S/C9H10BrN5O2/c1-4(13-9(16)17)8-14-6(10)5-7(11)12-2-3-15(5)8/h2-4,13H,1H3,(H2,11,12)(H,16,17)/t4-/m0/s1. The molecule has 0 bridgehead atoms. The summed E-state index contributed by atoms with van der Waals surface area (Å²) in [7, 11) is 0. The molecule has 0 radical (unpaired) electrons. The highest BCUT2D eigenvalue weighted by Gasteiger charge is 2.18. The molecule has 0 unspecified atom stereocenters. The number of aromatic nitrogens is 3. The Hall–Kier alpha value is -1.83. The Morgan fingerprint density at radius 2 is 2.41 bits per heavy atom. The molecule has 2 aromatic heterocycles. The summed E-state index contributed by atoms with van der Waals surface area (Å²) in [4.78, 5) is 18.8. The second-order valence-electron chi connectivity index (χ2n) is 3.46. The monoisotopic (exact) mass is 299 g/mol. The lowest BCUT2D eigenvalue weighted by Crippen LogP contribution is -2.26. The molecule has 8 heteroatoms. The third kappa shape index (κ3) is 2.03. The van der Waals surface area contributed by atoms with E-state index in [2.05, 4.69) is 31.2 Å². The zero-order valence-corrected chi connectivity index (χ0v) is 10.5. The number of carbonyl (C=O) groups is 1. The van der Waals surface area contributed by atoms with Crippen molar-refractivity contribution >= 4 is 33.4 Å². The highest BCUT2D eigenvalue weighted by atomic mass is 79.9. The van der Waals surface area contributed by atoms with Crippen molar-refractivity contribution in [3.05, 3.63) is 22.8 Å². The lowest BCUT2D eigenvalue weighted by atomic mass is 10.3. The Kier molecular flexibility index (Phi) is 2.88. The zero-order valence-electron chi connectivity index (χ0n) is 8.88. The molecular formula is C9H10BrN5O2. The molecule has 0 aliphatic heterocycles. The normalized spacial score (nSPS) is 12.6. The van der Waals surface area contributed by atoms with Crippen LogP contribution in [0.1, 0.15) is 18.8 Å². The lowest BCUT2D eigenvalue weighted by molar-refractivity contribution is 0.190. The van der Waals surface area contributed by atoms with Crippen molar-refractivity contribution in [2.75, 3.05) is 5.73 Å². The van der Waals surface area contributed by atoms with Gasteiger partial charge in [0.05, 0.1) is 6.04 Å². The number of imidazole rings is 1. The van der Waals surface area contributed by atoms with Crippen LogP contribution in [0.25, 0.3) is 5.52 Å². The van der Waals surface area contributed by atoms with Crippen molar-refractivity contribution < 1.29 is 9.90 Å². The van der Waals surface area contributed by atoms with Gasteiger partial charge in [-0.1, -0.05) is 0 Å². The van der Waals surface area contributed by atoms with Crippen LogP contribution in [0.5, 0.6) is 0 Å². The number of halogens is 1. The van der Waals surface area contributed by atoms with Gasteiger partial charge >= 0.3 is 6.09 Å². The number of nitrogens with two attached hydrogens (primary N) is 1. The summed E-state index contributed by atoms with van der Waals surface area (Å²) in [6, 6.07) is -0.451. The average Bonchev–Trinajstić information content (AvgIpc) is 2.56. The first kappa shape index (κ1) is 11.6. The van der Waals surface area contributed by atoms with Gasteiger partial charge in [-0.3, -0.25) is 4.40 Å². The molecule has 0 saturated carbocycles. The van der Waals surface area contributed by atoms with E-state index in [9.17, 15) is 4.79 Å². The van der Waals surface area contributed by atoms with Crippen LogP contribution in [0, 0.1) is 0 Å². The predicted molar refractivity (Wildman–Crippen MR) is 64.7 cm³/mol. The molecule has 2 heterocycles. The fourth-order valence-electron chi connectivity index (χ4n) is 1.60. The predicted octanol–water partition coefficient (Wildman–Crippen LogP) is 1.40. The summed E-state index contributed by atoms with van der Waals surface area (Å²) in [6.07, 6.45) is 2.11. The second-order valence-corrected chi connectivity index (χ2v) is 4.21. The molecule has 0 aromatic carbocycles. The molecular weight excluding hydrogens is 290 g/mol. The van der Waals surface area contributed by atoms with E-state index in [4.69, 9.17) is 10.8 Å². The quantitative estimate of drug-likeness (QED) is 0.777. The van der Waals surface area contributed by atoms with Gasteiger partial charge in [0, 0.05) is 12.4 Å². The molecule has 17 heavy (non-hydrogen) atoms. The highest BCUT2D eigenvalue weighted by Crippen LogP contribution is 2.25. The van der Waals surface area contributed by atoms with Crippen molar-refractivity contribution in [2.24, 2.45) is 0 Å². The van der Waals surface area contributed by atoms with Crippen molar-refractivity contribution in [1.82, 2.24) is 19.7 Å². The van der Waals surface area contributed by atoms with Crippen molar-refractivity contribution in [1.29, 1.82) is 0 Å². The molecule has 0 saturated heterocycles. The molecule has 4 N–H and O–H groups in total. The summed E-state index contributed by atoms with van der Waals surface area (Å²) in [5.74, 6) is 0.879. The number of carboxylic acid groups (broad SMARTS) is 1. The fourth-order valence-corrected chi connectivity index (χ4v) is 2.17. The number of hydrogen-bond donors (Lipinski definition) is 3. The first-order chi connectivity index (χ1) is 8.00. The largest absolute Gasteiger partial charge is 0.465 e. The minimum Gasteiger partial charge on any atom is -0.465 e. The van der Waals surface area contributed by atoms with Crippen LogP contribution in [0.3, 0.4) is 0 Å². The van der Waals surface area contributed by atoms with Crippen LogP contribution < -0.4 is 11.1 Å². The van der Waals surface area contributed by atoms with Gasteiger partial charge in [0.2, 0.25) is 0 Å². The maximum absolute atomic E-state index is 10.6. The maximum atomic E-state index is 10.6. The fraction of sp³-hybridized carbons (Fsp3) is 0.222. The third-order valence-corrected chi connectivity index (χ3v) is 2.85. The van der Waals surface area contributed by atoms with E-state index >= 15 is 0 Å². The molecule has 1 atom stereocenters. The van der Waals surface area contributed by atoms with Crippen LogP contribution >= 0.6 is 15.9 Å². The Morgan fingerprint density at radius 1 is 1.71 bits per heavy atom. The molecule has 1 amide bonds. The molecule has 2 rings (SSSR count). The topological polar surface area (TPSA) is 106 Å². The van der Waals surface area contributed by atoms with Crippen molar-refractivity contribution in [2.45, 2.75) is 13.0 Å². The number of fused-ring (bicyclic) bond motifs is 1.